The first kappa shape index (κ1) is 12.9. The Bertz CT molecular complexity index is 214. The van der Waals surface area contributed by atoms with Crippen molar-refractivity contribution < 1.29 is 9.59 Å². The quantitative estimate of drug-likeness (QED) is 0.610. The van der Waals surface area contributed by atoms with Gasteiger partial charge in [0.15, 0.2) is 0 Å². The highest BCUT2D eigenvalue weighted by Gasteiger charge is 2.19. The lowest BCUT2D eigenvalue weighted by Gasteiger charge is -2.19. The Kier molecular flexibility index (Phi) is 5.15. The number of likely N-dealkylation sites (N-methyl/N-ethyl adjacent to an activating group) is 1. The number of carbonyl (C=O) groups excluding carboxylic acids is 2. The van der Waals surface area contributed by atoms with E-state index in [-0.39, 0.29) is 18.4 Å². The van der Waals surface area contributed by atoms with E-state index in [1.165, 1.54) is 4.90 Å². The van der Waals surface area contributed by atoms with Crippen LogP contribution < -0.4 is 11.1 Å². The molecule has 0 aliphatic heterocycles. The molecule has 0 aromatic rings. The summed E-state index contributed by atoms with van der Waals surface area (Å²) in [6.07, 6.45) is 0. The standard InChI is InChI=1S/C9H19N3O2/c1-6(2)8(9(10)14)11-5-7(13)12(3)4/h6,8,11H,5H2,1-4H3,(H2,10,14). The van der Waals surface area contributed by atoms with E-state index in [1.54, 1.807) is 14.1 Å². The number of carbonyl (C=O) groups is 2. The molecule has 0 rings (SSSR count). The molecule has 1 unspecified atom stereocenters. The second kappa shape index (κ2) is 5.59. The minimum Gasteiger partial charge on any atom is -0.368 e. The van der Waals surface area contributed by atoms with Gasteiger partial charge in [-0.3, -0.25) is 14.9 Å². The molecule has 0 saturated heterocycles. The summed E-state index contributed by atoms with van der Waals surface area (Å²) < 4.78 is 0. The molecule has 0 spiro atoms. The van der Waals surface area contributed by atoms with Crippen LogP contribution in [0.1, 0.15) is 13.8 Å². The average molecular weight is 201 g/mol. The van der Waals surface area contributed by atoms with Crippen molar-refractivity contribution in [3.05, 3.63) is 0 Å². The van der Waals surface area contributed by atoms with Crippen molar-refractivity contribution in [2.24, 2.45) is 11.7 Å². The van der Waals surface area contributed by atoms with Gasteiger partial charge in [0.25, 0.3) is 0 Å². The Hall–Kier alpha value is -1.10. The SMILES string of the molecule is CC(C)C(NCC(=O)N(C)C)C(N)=O. The van der Waals surface area contributed by atoms with Crippen molar-refractivity contribution in [2.45, 2.75) is 19.9 Å². The maximum absolute atomic E-state index is 11.2. The first-order chi connectivity index (χ1) is 6.36. The van der Waals surface area contributed by atoms with Crippen molar-refractivity contribution in [1.82, 2.24) is 10.2 Å². The number of nitrogens with two attached hydrogens (primary N) is 1. The van der Waals surface area contributed by atoms with Crippen LogP contribution in [-0.2, 0) is 9.59 Å². The molecule has 5 heteroatoms. The first-order valence-corrected chi connectivity index (χ1v) is 4.59. The minimum absolute atomic E-state index is 0.0723. The van der Waals surface area contributed by atoms with Crippen LogP contribution >= 0.6 is 0 Å². The van der Waals surface area contributed by atoms with Gasteiger partial charge in [-0.25, -0.2) is 0 Å². The van der Waals surface area contributed by atoms with Gasteiger partial charge in [0.1, 0.15) is 0 Å². The predicted octanol–water partition coefficient (Wildman–Crippen LogP) is -0.826. The van der Waals surface area contributed by atoms with Crippen LogP contribution in [-0.4, -0.2) is 43.4 Å². The van der Waals surface area contributed by atoms with Crippen LogP contribution in [0, 0.1) is 5.92 Å². The summed E-state index contributed by atoms with van der Waals surface area (Å²) in [4.78, 5) is 23.6. The van der Waals surface area contributed by atoms with Crippen molar-refractivity contribution in [2.75, 3.05) is 20.6 Å². The van der Waals surface area contributed by atoms with Crippen LogP contribution in [0.15, 0.2) is 0 Å². The van der Waals surface area contributed by atoms with E-state index in [4.69, 9.17) is 5.73 Å². The lowest BCUT2D eigenvalue weighted by molar-refractivity contribution is -0.128. The summed E-state index contributed by atoms with van der Waals surface area (Å²) in [5.74, 6) is -0.411. The maximum atomic E-state index is 11.2. The Balaban J connectivity index is 4.08. The van der Waals surface area contributed by atoms with Crippen LogP contribution in [0.25, 0.3) is 0 Å². The summed E-state index contributed by atoms with van der Waals surface area (Å²) >= 11 is 0. The largest absolute Gasteiger partial charge is 0.368 e. The third-order valence-electron chi connectivity index (χ3n) is 1.95. The zero-order valence-corrected chi connectivity index (χ0v) is 9.20. The minimum atomic E-state index is -0.445. The first-order valence-electron chi connectivity index (χ1n) is 4.59. The highest BCUT2D eigenvalue weighted by atomic mass is 16.2. The molecule has 0 aliphatic rings. The Morgan fingerprint density at radius 3 is 2.14 bits per heavy atom. The number of amides is 2. The van der Waals surface area contributed by atoms with E-state index >= 15 is 0 Å². The van der Waals surface area contributed by atoms with Gasteiger partial charge in [0, 0.05) is 14.1 Å². The van der Waals surface area contributed by atoms with Crippen molar-refractivity contribution in [3.8, 4) is 0 Å². The van der Waals surface area contributed by atoms with Gasteiger partial charge in [0.2, 0.25) is 11.8 Å². The van der Waals surface area contributed by atoms with Crippen LogP contribution in [0.3, 0.4) is 0 Å². The molecule has 5 nitrogen and oxygen atoms in total. The van der Waals surface area contributed by atoms with E-state index in [2.05, 4.69) is 5.32 Å². The van der Waals surface area contributed by atoms with Gasteiger partial charge in [-0.1, -0.05) is 13.8 Å². The molecule has 0 aromatic heterocycles. The Labute approximate surface area is 84.6 Å². The predicted molar refractivity (Wildman–Crippen MR) is 54.5 cm³/mol. The lowest BCUT2D eigenvalue weighted by atomic mass is 10.0. The molecule has 14 heavy (non-hydrogen) atoms. The number of hydrogen-bond acceptors (Lipinski definition) is 3. The number of nitrogens with one attached hydrogen (secondary N) is 1. The van der Waals surface area contributed by atoms with Crippen LogP contribution in [0.2, 0.25) is 0 Å². The number of rotatable bonds is 5. The molecule has 1 atom stereocenters. The molecule has 3 N–H and O–H groups in total. The summed E-state index contributed by atoms with van der Waals surface area (Å²) in [7, 11) is 3.33. The molecule has 0 saturated carbocycles. The fraction of sp³-hybridized carbons (Fsp3) is 0.778. The fourth-order valence-corrected chi connectivity index (χ4v) is 1.02. The molecule has 0 radical (unpaired) electrons. The molecular formula is C9H19N3O2. The maximum Gasteiger partial charge on any atom is 0.236 e. The normalized spacial score (nSPS) is 12.6. The third kappa shape index (κ3) is 4.23. The second-order valence-electron chi connectivity index (χ2n) is 3.79. The highest BCUT2D eigenvalue weighted by Crippen LogP contribution is 1.99. The Morgan fingerprint density at radius 1 is 1.36 bits per heavy atom. The van der Waals surface area contributed by atoms with Crippen LogP contribution in [0.4, 0.5) is 0 Å². The van der Waals surface area contributed by atoms with Gasteiger partial charge >= 0.3 is 0 Å². The number of primary amides is 1. The zero-order chi connectivity index (χ0) is 11.3. The summed E-state index contributed by atoms with van der Waals surface area (Å²) in [5, 5.41) is 2.83. The van der Waals surface area contributed by atoms with Gasteiger partial charge in [-0.15, -0.1) is 0 Å². The van der Waals surface area contributed by atoms with Gasteiger partial charge < -0.3 is 10.6 Å². The fourth-order valence-electron chi connectivity index (χ4n) is 1.02. The topological polar surface area (TPSA) is 75.4 Å². The van der Waals surface area contributed by atoms with Crippen molar-refractivity contribution in [1.29, 1.82) is 0 Å². The summed E-state index contributed by atoms with van der Waals surface area (Å²) in [5.41, 5.74) is 5.17. The molecule has 2 amide bonds. The van der Waals surface area contributed by atoms with E-state index in [0.29, 0.717) is 0 Å². The van der Waals surface area contributed by atoms with Crippen LogP contribution in [0.5, 0.6) is 0 Å². The smallest absolute Gasteiger partial charge is 0.236 e. The van der Waals surface area contributed by atoms with E-state index < -0.39 is 11.9 Å². The lowest BCUT2D eigenvalue weighted by Crippen LogP contribution is -2.48. The van der Waals surface area contributed by atoms with Gasteiger partial charge in [-0.05, 0) is 5.92 Å². The van der Waals surface area contributed by atoms with E-state index in [1.807, 2.05) is 13.8 Å². The third-order valence-corrected chi connectivity index (χ3v) is 1.95. The van der Waals surface area contributed by atoms with E-state index in [0.717, 1.165) is 0 Å². The van der Waals surface area contributed by atoms with Gasteiger partial charge in [0.05, 0.1) is 12.6 Å². The van der Waals surface area contributed by atoms with Crippen molar-refractivity contribution in [3.63, 3.8) is 0 Å². The zero-order valence-electron chi connectivity index (χ0n) is 9.20. The molecule has 0 aliphatic carbocycles. The summed E-state index contributed by atoms with van der Waals surface area (Å²) in [6.45, 7) is 3.89. The highest BCUT2D eigenvalue weighted by molar-refractivity contribution is 5.82. The molecule has 0 bridgehead atoms. The average Bonchev–Trinajstić information content (AvgIpc) is 2.02. The van der Waals surface area contributed by atoms with E-state index in [9.17, 15) is 9.59 Å². The molecule has 82 valence electrons. The molecule has 0 heterocycles. The molecular weight excluding hydrogens is 182 g/mol. The molecule has 0 aromatic carbocycles. The second-order valence-corrected chi connectivity index (χ2v) is 3.79. The summed E-state index contributed by atoms with van der Waals surface area (Å²) in [6, 6.07) is -0.445. The number of nitrogens with zero attached hydrogens (tertiary/aromatic N) is 1. The number of hydrogen-bond donors (Lipinski definition) is 2. The monoisotopic (exact) mass is 201 g/mol. The molecule has 0 fully saturated rings. The van der Waals surface area contributed by atoms with Gasteiger partial charge in [-0.2, -0.15) is 0 Å². The van der Waals surface area contributed by atoms with Crippen molar-refractivity contribution >= 4 is 11.8 Å². The Morgan fingerprint density at radius 2 is 1.86 bits per heavy atom.